The zero-order valence-electron chi connectivity index (χ0n) is 19.4. The quantitative estimate of drug-likeness (QED) is 0.211. The normalized spacial score (nSPS) is 10.3. The number of allylic oxidation sites excluding steroid dienone is 1. The van der Waals surface area contributed by atoms with Crippen molar-refractivity contribution < 1.29 is 14.6 Å². The molecular formula is C26H46O3. The molecule has 0 bridgehead atoms. The molecule has 1 N–H and O–H groups in total. The molecule has 0 amide bonds. The van der Waals surface area contributed by atoms with Crippen LogP contribution in [-0.2, 0) is 11.2 Å². The van der Waals surface area contributed by atoms with Crippen molar-refractivity contribution in [3.8, 4) is 11.5 Å². The average Bonchev–Trinajstić information content (AvgIpc) is 2.73. The molecule has 0 aliphatic carbocycles. The summed E-state index contributed by atoms with van der Waals surface area (Å²) >= 11 is 0. The molecule has 0 saturated heterocycles. The number of rotatable bonds is 17. The molecule has 1 rings (SSSR count). The minimum absolute atomic E-state index is 0.172. The molecule has 1 aromatic carbocycles. The first kappa shape index (κ1) is 27.5. The van der Waals surface area contributed by atoms with Crippen LogP contribution in [-0.4, -0.2) is 25.4 Å². The summed E-state index contributed by atoms with van der Waals surface area (Å²) in [7, 11) is 1.53. The van der Waals surface area contributed by atoms with Crippen molar-refractivity contribution in [1.82, 2.24) is 0 Å². The van der Waals surface area contributed by atoms with E-state index in [-0.39, 0.29) is 5.75 Å². The van der Waals surface area contributed by atoms with Crippen molar-refractivity contribution in [1.29, 1.82) is 0 Å². The zero-order chi connectivity index (χ0) is 21.6. The molecule has 0 aliphatic rings. The summed E-state index contributed by atoms with van der Waals surface area (Å²) in [5.74, 6) is 0.680. The second kappa shape index (κ2) is 21.2. The predicted molar refractivity (Wildman–Crippen MR) is 126 cm³/mol. The third kappa shape index (κ3) is 17.1. The molecule has 0 aliphatic heterocycles. The van der Waals surface area contributed by atoms with E-state index in [2.05, 4.69) is 20.4 Å². The monoisotopic (exact) mass is 406 g/mol. The number of unbranched alkanes of at least 4 members (excludes halogenated alkanes) is 10. The largest absolute Gasteiger partial charge is 0.504 e. The molecule has 0 aromatic heterocycles. The molecule has 0 atom stereocenters. The molecule has 1 aromatic rings. The lowest BCUT2D eigenvalue weighted by Gasteiger charge is -2.04. The fraction of sp³-hybridized carbons (Fsp3) is 0.692. The fourth-order valence-corrected chi connectivity index (χ4v) is 3.09. The number of phenols is 1. The van der Waals surface area contributed by atoms with Crippen molar-refractivity contribution in [2.24, 2.45) is 0 Å². The Labute approximate surface area is 180 Å². The van der Waals surface area contributed by atoms with Gasteiger partial charge in [0.25, 0.3) is 0 Å². The Bertz CT molecular complexity index is 471. The van der Waals surface area contributed by atoms with Gasteiger partial charge in [-0.15, -0.1) is 6.58 Å². The number of benzene rings is 1. The minimum atomic E-state index is 0.172. The molecule has 0 spiro atoms. The standard InChI is InChI=1S/C16H34O.C10H12O2/c1-3-5-7-9-11-13-15-17-16-14-12-10-8-6-4-2;1-3-4-8-5-6-9(11)10(7-8)12-2/h3-16H2,1-2H3;3,5-7,11H,1,4H2,2H3. The van der Waals surface area contributed by atoms with E-state index in [9.17, 15) is 5.11 Å². The molecule has 0 unspecified atom stereocenters. The second-order valence-corrected chi connectivity index (χ2v) is 7.65. The molecule has 168 valence electrons. The summed E-state index contributed by atoms with van der Waals surface area (Å²) in [6.45, 7) is 10.1. The summed E-state index contributed by atoms with van der Waals surface area (Å²) in [4.78, 5) is 0. The van der Waals surface area contributed by atoms with Crippen LogP contribution in [0, 0.1) is 0 Å². The van der Waals surface area contributed by atoms with Gasteiger partial charge >= 0.3 is 0 Å². The van der Waals surface area contributed by atoms with Crippen LogP contribution in [0.15, 0.2) is 30.9 Å². The van der Waals surface area contributed by atoms with Gasteiger partial charge in [0, 0.05) is 13.2 Å². The highest BCUT2D eigenvalue weighted by Gasteiger charge is 2.00. The van der Waals surface area contributed by atoms with Gasteiger partial charge in [-0.05, 0) is 37.0 Å². The van der Waals surface area contributed by atoms with Crippen LogP contribution in [0.25, 0.3) is 0 Å². The Morgan fingerprint density at radius 3 is 1.83 bits per heavy atom. The van der Waals surface area contributed by atoms with Crippen molar-refractivity contribution in [3.63, 3.8) is 0 Å². The molecular weight excluding hydrogens is 360 g/mol. The number of phenolic OH excluding ortho intramolecular Hbond substituents is 1. The van der Waals surface area contributed by atoms with Gasteiger partial charge in [0.2, 0.25) is 0 Å². The lowest BCUT2D eigenvalue weighted by molar-refractivity contribution is 0.125. The number of hydrogen-bond donors (Lipinski definition) is 1. The zero-order valence-corrected chi connectivity index (χ0v) is 19.4. The minimum Gasteiger partial charge on any atom is -0.504 e. The Morgan fingerprint density at radius 1 is 0.828 bits per heavy atom. The molecule has 0 saturated carbocycles. The highest BCUT2D eigenvalue weighted by Crippen LogP contribution is 2.26. The maximum absolute atomic E-state index is 9.25. The van der Waals surface area contributed by atoms with Crippen LogP contribution < -0.4 is 4.74 Å². The smallest absolute Gasteiger partial charge is 0.160 e. The van der Waals surface area contributed by atoms with Crippen molar-refractivity contribution in [2.45, 2.75) is 97.3 Å². The number of ether oxygens (including phenoxy) is 2. The van der Waals surface area contributed by atoms with Crippen LogP contribution in [0.2, 0.25) is 0 Å². The number of methoxy groups -OCH3 is 1. The summed E-state index contributed by atoms with van der Waals surface area (Å²) in [6.07, 6.45) is 18.9. The summed E-state index contributed by atoms with van der Waals surface area (Å²) < 4.78 is 10.6. The molecule has 0 heterocycles. The molecule has 29 heavy (non-hydrogen) atoms. The van der Waals surface area contributed by atoms with Crippen LogP contribution in [0.3, 0.4) is 0 Å². The van der Waals surface area contributed by atoms with E-state index < -0.39 is 0 Å². The van der Waals surface area contributed by atoms with E-state index >= 15 is 0 Å². The molecule has 0 radical (unpaired) electrons. The van der Waals surface area contributed by atoms with E-state index in [1.807, 2.05) is 12.1 Å². The Morgan fingerprint density at radius 2 is 1.34 bits per heavy atom. The van der Waals surface area contributed by atoms with Gasteiger partial charge < -0.3 is 14.6 Å². The topological polar surface area (TPSA) is 38.7 Å². The van der Waals surface area contributed by atoms with Crippen molar-refractivity contribution in [3.05, 3.63) is 36.4 Å². The third-order valence-corrected chi connectivity index (χ3v) is 4.91. The summed E-state index contributed by atoms with van der Waals surface area (Å²) in [5.41, 5.74) is 1.08. The van der Waals surface area contributed by atoms with E-state index in [0.29, 0.717) is 5.75 Å². The molecule has 3 heteroatoms. The third-order valence-electron chi connectivity index (χ3n) is 4.91. The van der Waals surface area contributed by atoms with Gasteiger partial charge in [0.15, 0.2) is 11.5 Å². The summed E-state index contributed by atoms with van der Waals surface area (Å²) in [5, 5.41) is 9.25. The summed E-state index contributed by atoms with van der Waals surface area (Å²) in [6, 6.07) is 5.27. The van der Waals surface area contributed by atoms with Crippen LogP contribution >= 0.6 is 0 Å². The molecule has 3 nitrogen and oxygen atoms in total. The predicted octanol–water partition coefficient (Wildman–Crippen LogP) is 7.85. The van der Waals surface area contributed by atoms with Gasteiger partial charge in [-0.2, -0.15) is 0 Å². The molecule has 0 fully saturated rings. The first-order chi connectivity index (χ1) is 14.2. The lowest BCUT2D eigenvalue weighted by atomic mass is 10.1. The van der Waals surface area contributed by atoms with E-state index in [0.717, 1.165) is 25.2 Å². The van der Waals surface area contributed by atoms with Gasteiger partial charge in [-0.25, -0.2) is 0 Å². The van der Waals surface area contributed by atoms with Crippen LogP contribution in [0.4, 0.5) is 0 Å². The maximum atomic E-state index is 9.25. The number of hydrogen-bond acceptors (Lipinski definition) is 3. The number of aromatic hydroxyl groups is 1. The van der Waals surface area contributed by atoms with Crippen molar-refractivity contribution >= 4 is 0 Å². The Hall–Kier alpha value is -1.48. The van der Waals surface area contributed by atoms with Gasteiger partial charge in [0.1, 0.15) is 0 Å². The first-order valence-electron chi connectivity index (χ1n) is 11.7. The maximum Gasteiger partial charge on any atom is 0.160 e. The highest BCUT2D eigenvalue weighted by molar-refractivity contribution is 5.42. The van der Waals surface area contributed by atoms with Crippen LogP contribution in [0.1, 0.15) is 96.5 Å². The van der Waals surface area contributed by atoms with Crippen molar-refractivity contribution in [2.75, 3.05) is 20.3 Å². The fourth-order valence-electron chi connectivity index (χ4n) is 3.09. The first-order valence-corrected chi connectivity index (χ1v) is 11.7. The SMILES string of the molecule is C=CCc1ccc(O)c(OC)c1.CCCCCCCCOCCCCCCCC. The second-order valence-electron chi connectivity index (χ2n) is 7.65. The van der Waals surface area contributed by atoms with E-state index in [1.54, 1.807) is 12.1 Å². The highest BCUT2D eigenvalue weighted by atomic mass is 16.5. The van der Waals surface area contributed by atoms with E-state index in [4.69, 9.17) is 9.47 Å². The average molecular weight is 407 g/mol. The lowest BCUT2D eigenvalue weighted by Crippen LogP contribution is -1.97. The van der Waals surface area contributed by atoms with Gasteiger partial charge in [-0.3, -0.25) is 0 Å². The van der Waals surface area contributed by atoms with Gasteiger partial charge in [-0.1, -0.05) is 90.2 Å². The van der Waals surface area contributed by atoms with E-state index in [1.165, 1.54) is 84.2 Å². The Kier molecular flexibility index (Phi) is 20.2. The van der Waals surface area contributed by atoms with Gasteiger partial charge in [0.05, 0.1) is 7.11 Å². The van der Waals surface area contributed by atoms with Crippen LogP contribution in [0.5, 0.6) is 11.5 Å². The Balaban J connectivity index is 0.000000571.